The molecular weight excluding hydrogens is 485 g/mol. The van der Waals surface area contributed by atoms with Gasteiger partial charge in [-0.25, -0.2) is 19.3 Å². The van der Waals surface area contributed by atoms with Crippen molar-refractivity contribution < 1.29 is 19.0 Å². The molecule has 0 bridgehead atoms. The zero-order valence-corrected chi connectivity index (χ0v) is 21.1. The van der Waals surface area contributed by atoms with Crippen LogP contribution in [0.3, 0.4) is 0 Å². The second kappa shape index (κ2) is 10.9. The van der Waals surface area contributed by atoms with Gasteiger partial charge < -0.3 is 19.7 Å². The summed E-state index contributed by atoms with van der Waals surface area (Å²) in [7, 11) is 0. The Morgan fingerprint density at radius 2 is 1.87 bits per heavy atom. The first-order valence-corrected chi connectivity index (χ1v) is 12.5. The minimum absolute atomic E-state index is 0.00923. The number of hydrogen-bond donors (Lipinski definition) is 2. The van der Waals surface area contributed by atoms with E-state index in [9.17, 15) is 14.3 Å². The van der Waals surface area contributed by atoms with Gasteiger partial charge in [0.1, 0.15) is 23.4 Å². The van der Waals surface area contributed by atoms with E-state index >= 15 is 0 Å². The van der Waals surface area contributed by atoms with Crippen molar-refractivity contribution in [3.63, 3.8) is 0 Å². The summed E-state index contributed by atoms with van der Waals surface area (Å²) >= 11 is 0. The Balaban J connectivity index is 1.61. The molecule has 1 aliphatic rings. The molecule has 1 aliphatic heterocycles. The molecule has 2 atom stereocenters. The van der Waals surface area contributed by atoms with Gasteiger partial charge in [-0.15, -0.1) is 0 Å². The van der Waals surface area contributed by atoms with Gasteiger partial charge in [-0.2, -0.15) is 0 Å². The van der Waals surface area contributed by atoms with E-state index in [1.165, 1.54) is 12.1 Å². The summed E-state index contributed by atoms with van der Waals surface area (Å²) in [5.74, 6) is 0.399. The molecule has 2 N–H and O–H groups in total. The van der Waals surface area contributed by atoms with E-state index in [4.69, 9.17) is 14.7 Å². The Morgan fingerprint density at radius 1 is 1.11 bits per heavy atom. The van der Waals surface area contributed by atoms with Crippen LogP contribution in [0.1, 0.15) is 38.4 Å². The van der Waals surface area contributed by atoms with Gasteiger partial charge in [-0.3, -0.25) is 4.79 Å². The van der Waals surface area contributed by atoms with Crippen LogP contribution in [0.25, 0.3) is 28.8 Å². The van der Waals surface area contributed by atoms with Crippen molar-refractivity contribution in [2.45, 2.75) is 44.8 Å². The van der Waals surface area contributed by atoms with Crippen molar-refractivity contribution in [3.8, 4) is 22.6 Å². The third-order valence-corrected chi connectivity index (χ3v) is 6.14. The number of anilines is 2. The van der Waals surface area contributed by atoms with Crippen molar-refractivity contribution in [3.05, 3.63) is 84.6 Å². The van der Waals surface area contributed by atoms with Crippen LogP contribution >= 0.6 is 0 Å². The maximum atomic E-state index is 13.8. The lowest BCUT2D eigenvalue weighted by molar-refractivity contribution is -0.156. The van der Waals surface area contributed by atoms with Crippen molar-refractivity contribution in [2.75, 3.05) is 5.32 Å². The van der Waals surface area contributed by atoms with Gasteiger partial charge in [-0.05, 0) is 48.5 Å². The number of hydrogen-bond acceptors (Lipinski definition) is 7. The molecule has 1 fully saturated rings. The molecule has 8 nitrogen and oxygen atoms in total. The second-order valence-corrected chi connectivity index (χ2v) is 9.42. The molecule has 4 aromatic rings. The predicted octanol–water partition coefficient (Wildman–Crippen LogP) is 5.55. The number of para-hydroxylation sites is 1. The molecule has 2 aromatic heterocycles. The van der Waals surface area contributed by atoms with Crippen LogP contribution in [0.5, 0.6) is 0 Å². The fraction of sp³-hybridized carbons (Fsp3) is 0.241. The molecular formula is C29H28FN5O3. The Kier molecular flexibility index (Phi) is 7.28. The molecule has 0 spiro atoms. The summed E-state index contributed by atoms with van der Waals surface area (Å²) in [5.41, 5.74) is 3.48. The van der Waals surface area contributed by atoms with Crippen molar-refractivity contribution in [1.82, 2.24) is 19.5 Å². The fourth-order valence-corrected chi connectivity index (χ4v) is 4.38. The summed E-state index contributed by atoms with van der Waals surface area (Å²) in [6.07, 6.45) is 4.19. The SMILES string of the molecule is CC(C)c1nc(-c2ccnc(Nc3ccccc3)n2)c(-c2ccc(F)cc2)n1C=C[C@@H]1C[C@@H](O)CC(=O)O1. The molecule has 3 heterocycles. The average Bonchev–Trinajstić information content (AvgIpc) is 3.28. The number of nitrogens with one attached hydrogen (secondary N) is 1. The van der Waals surface area contributed by atoms with Gasteiger partial charge in [0, 0.05) is 36.0 Å². The summed E-state index contributed by atoms with van der Waals surface area (Å²) < 4.78 is 21.2. The fourth-order valence-electron chi connectivity index (χ4n) is 4.38. The standard InChI is InChI=1S/C29H28FN5O3/c1-18(2)28-34-26(24-12-14-31-29(33-24)32-21-6-4-3-5-7-21)27(19-8-10-20(30)11-9-19)35(28)15-13-23-16-22(36)17-25(37)38-23/h3-15,18,22-23,36H,16-17H2,1-2H3,(H,31,32,33)/t22-,23-/m1/s1. The monoisotopic (exact) mass is 513 g/mol. The number of aromatic nitrogens is 4. The number of rotatable bonds is 7. The normalized spacial score (nSPS) is 17.7. The van der Waals surface area contributed by atoms with E-state index in [1.807, 2.05) is 48.7 Å². The van der Waals surface area contributed by atoms with Crippen LogP contribution in [0.4, 0.5) is 16.0 Å². The third kappa shape index (κ3) is 5.63. The molecule has 5 rings (SSSR count). The van der Waals surface area contributed by atoms with Crippen molar-refractivity contribution >= 4 is 23.8 Å². The van der Waals surface area contributed by atoms with E-state index in [0.29, 0.717) is 29.5 Å². The molecule has 0 radical (unpaired) electrons. The summed E-state index contributed by atoms with van der Waals surface area (Å²) in [4.78, 5) is 25.9. The Morgan fingerprint density at radius 3 is 2.58 bits per heavy atom. The van der Waals surface area contributed by atoms with Gasteiger partial charge in [0.25, 0.3) is 0 Å². The van der Waals surface area contributed by atoms with Gasteiger partial charge in [0.05, 0.1) is 23.9 Å². The number of cyclic esters (lactones) is 1. The summed E-state index contributed by atoms with van der Waals surface area (Å²) in [6, 6.07) is 17.6. The minimum Gasteiger partial charge on any atom is -0.458 e. The number of halogens is 1. The Hall–Kier alpha value is -4.37. The van der Waals surface area contributed by atoms with Crippen LogP contribution in [0.15, 0.2) is 72.9 Å². The number of carbonyl (C=O) groups excluding carboxylic acids is 1. The highest BCUT2D eigenvalue weighted by atomic mass is 19.1. The van der Waals surface area contributed by atoms with E-state index in [0.717, 1.165) is 17.1 Å². The van der Waals surface area contributed by atoms with Crippen LogP contribution in [0, 0.1) is 5.82 Å². The smallest absolute Gasteiger partial charge is 0.309 e. The number of ether oxygens (including phenoxy) is 1. The highest BCUT2D eigenvalue weighted by molar-refractivity contribution is 5.80. The molecule has 2 aromatic carbocycles. The molecule has 194 valence electrons. The molecule has 0 amide bonds. The van der Waals surface area contributed by atoms with Crippen LogP contribution in [-0.2, 0) is 9.53 Å². The molecule has 9 heteroatoms. The second-order valence-electron chi connectivity index (χ2n) is 9.42. The first-order chi connectivity index (χ1) is 18.4. The topological polar surface area (TPSA) is 102 Å². The number of benzene rings is 2. The average molecular weight is 514 g/mol. The van der Waals surface area contributed by atoms with Gasteiger partial charge in [0.2, 0.25) is 5.95 Å². The van der Waals surface area contributed by atoms with Crippen LogP contribution in [-0.4, -0.2) is 42.8 Å². The predicted molar refractivity (Wildman–Crippen MR) is 143 cm³/mol. The van der Waals surface area contributed by atoms with Crippen LogP contribution < -0.4 is 5.32 Å². The van der Waals surface area contributed by atoms with E-state index in [1.54, 1.807) is 36.7 Å². The first-order valence-electron chi connectivity index (χ1n) is 12.5. The maximum Gasteiger partial charge on any atom is 0.309 e. The third-order valence-electron chi connectivity index (χ3n) is 6.14. The van der Waals surface area contributed by atoms with Crippen molar-refractivity contribution in [1.29, 1.82) is 0 Å². The maximum absolute atomic E-state index is 13.8. The van der Waals surface area contributed by atoms with Gasteiger partial charge in [0.15, 0.2) is 0 Å². The number of imidazole rings is 1. The lowest BCUT2D eigenvalue weighted by atomic mass is 10.1. The lowest BCUT2D eigenvalue weighted by Gasteiger charge is -2.23. The first kappa shape index (κ1) is 25.3. The van der Waals surface area contributed by atoms with E-state index in [-0.39, 0.29) is 18.2 Å². The number of nitrogens with zero attached hydrogens (tertiary/aromatic N) is 4. The number of esters is 1. The molecule has 0 aliphatic carbocycles. The number of aliphatic hydroxyl groups is 1. The number of aliphatic hydroxyl groups excluding tert-OH is 1. The zero-order chi connectivity index (χ0) is 26.6. The largest absolute Gasteiger partial charge is 0.458 e. The molecule has 1 saturated heterocycles. The highest BCUT2D eigenvalue weighted by Gasteiger charge is 2.26. The van der Waals surface area contributed by atoms with Crippen LogP contribution in [0.2, 0.25) is 0 Å². The summed E-state index contributed by atoms with van der Waals surface area (Å²) in [6.45, 7) is 4.05. The lowest BCUT2D eigenvalue weighted by Crippen LogP contribution is -2.31. The van der Waals surface area contributed by atoms with Gasteiger partial charge in [-0.1, -0.05) is 32.0 Å². The minimum atomic E-state index is -0.748. The number of carbonyl (C=O) groups is 1. The Labute approximate surface area is 219 Å². The van der Waals surface area contributed by atoms with Gasteiger partial charge >= 0.3 is 5.97 Å². The summed E-state index contributed by atoms with van der Waals surface area (Å²) in [5, 5.41) is 13.2. The molecule has 0 saturated carbocycles. The zero-order valence-electron chi connectivity index (χ0n) is 21.1. The van der Waals surface area contributed by atoms with E-state index < -0.39 is 18.2 Å². The molecule has 38 heavy (non-hydrogen) atoms. The van der Waals surface area contributed by atoms with E-state index in [2.05, 4.69) is 10.3 Å². The van der Waals surface area contributed by atoms with Crippen molar-refractivity contribution in [2.24, 2.45) is 0 Å². The quantitative estimate of drug-likeness (QED) is 0.312. The molecule has 0 unspecified atom stereocenters. The highest BCUT2D eigenvalue weighted by Crippen LogP contribution is 2.35. The Bertz CT molecular complexity index is 1450.